The zero-order valence-corrected chi connectivity index (χ0v) is 11.6. The smallest absolute Gasteiger partial charge is 0.308 e. The quantitative estimate of drug-likeness (QED) is 0.847. The molecule has 106 valence electrons. The molecule has 0 aromatic carbocycles. The van der Waals surface area contributed by atoms with Crippen molar-refractivity contribution in [3.05, 3.63) is 29.7 Å². The number of furan rings is 1. The molecule has 1 amide bonds. The molecule has 2 heterocycles. The number of carboxylic acid groups (broad SMARTS) is 1. The molecule has 7 heteroatoms. The van der Waals surface area contributed by atoms with Crippen LogP contribution in [0.4, 0.5) is 0 Å². The fourth-order valence-electron chi connectivity index (χ4n) is 1.49. The largest absolute Gasteiger partial charge is 0.481 e. The number of aliphatic carboxylic acids is 1. The van der Waals surface area contributed by atoms with Gasteiger partial charge in [0.25, 0.3) is 0 Å². The molecule has 0 saturated heterocycles. The highest BCUT2D eigenvalue weighted by atomic mass is 32.1. The van der Waals surface area contributed by atoms with Gasteiger partial charge >= 0.3 is 5.97 Å². The highest BCUT2D eigenvalue weighted by Gasteiger charge is 2.13. The van der Waals surface area contributed by atoms with E-state index >= 15 is 0 Å². The molecule has 2 aromatic rings. The number of carbonyl (C=O) groups is 2. The first-order valence-electron chi connectivity index (χ1n) is 6.02. The lowest BCUT2D eigenvalue weighted by atomic mass is 10.2. The Morgan fingerprint density at radius 2 is 2.35 bits per heavy atom. The maximum absolute atomic E-state index is 11.7. The average Bonchev–Trinajstić information content (AvgIpc) is 3.05. The van der Waals surface area contributed by atoms with Gasteiger partial charge in [-0.05, 0) is 6.07 Å². The minimum atomic E-state index is -0.929. The summed E-state index contributed by atoms with van der Waals surface area (Å²) in [5.74, 6) is -1.76. The van der Waals surface area contributed by atoms with E-state index in [1.165, 1.54) is 11.3 Å². The Morgan fingerprint density at radius 3 is 3.00 bits per heavy atom. The second-order valence-corrected chi connectivity index (χ2v) is 5.23. The van der Waals surface area contributed by atoms with Gasteiger partial charge in [-0.1, -0.05) is 6.92 Å². The molecule has 0 aliphatic rings. The van der Waals surface area contributed by atoms with Crippen LogP contribution in [0.2, 0.25) is 0 Å². The van der Waals surface area contributed by atoms with Gasteiger partial charge in [0, 0.05) is 17.5 Å². The maximum Gasteiger partial charge on any atom is 0.308 e. The van der Waals surface area contributed by atoms with Gasteiger partial charge in [0.1, 0.15) is 11.3 Å². The number of thiazole rings is 1. The van der Waals surface area contributed by atoms with E-state index < -0.39 is 11.9 Å². The van der Waals surface area contributed by atoms with Crippen LogP contribution >= 0.6 is 11.3 Å². The van der Waals surface area contributed by atoms with Crippen molar-refractivity contribution in [3.63, 3.8) is 0 Å². The van der Waals surface area contributed by atoms with Gasteiger partial charge in [0.05, 0.1) is 24.3 Å². The number of hydrogen-bond acceptors (Lipinski definition) is 5. The Hall–Kier alpha value is -2.15. The van der Waals surface area contributed by atoms with Crippen LogP contribution in [-0.2, 0) is 16.0 Å². The molecule has 1 atom stereocenters. The number of carboxylic acids is 1. The molecule has 2 rings (SSSR count). The Morgan fingerprint density at radius 1 is 1.55 bits per heavy atom. The van der Waals surface area contributed by atoms with Crippen molar-refractivity contribution < 1.29 is 19.1 Å². The molecule has 0 saturated carbocycles. The minimum absolute atomic E-state index is 0.118. The van der Waals surface area contributed by atoms with E-state index in [-0.39, 0.29) is 18.9 Å². The molecule has 1 unspecified atom stereocenters. The van der Waals surface area contributed by atoms with Gasteiger partial charge < -0.3 is 14.8 Å². The van der Waals surface area contributed by atoms with Crippen LogP contribution in [0.25, 0.3) is 10.6 Å². The molecule has 0 aliphatic heterocycles. The highest BCUT2D eigenvalue weighted by molar-refractivity contribution is 7.13. The minimum Gasteiger partial charge on any atom is -0.481 e. The summed E-state index contributed by atoms with van der Waals surface area (Å²) in [5.41, 5.74) is 1.54. The van der Waals surface area contributed by atoms with Crippen molar-refractivity contribution in [3.8, 4) is 10.6 Å². The van der Waals surface area contributed by atoms with Crippen LogP contribution in [0.15, 0.2) is 28.4 Å². The molecular formula is C13H14N2O4S. The van der Waals surface area contributed by atoms with Gasteiger partial charge in [0.15, 0.2) is 0 Å². The predicted octanol–water partition coefficient (Wildman–Crippen LogP) is 1.78. The first-order chi connectivity index (χ1) is 9.56. The van der Waals surface area contributed by atoms with Crippen LogP contribution in [0.5, 0.6) is 0 Å². The lowest BCUT2D eigenvalue weighted by Gasteiger charge is -2.07. The fraction of sp³-hybridized carbons (Fsp3) is 0.308. The van der Waals surface area contributed by atoms with Gasteiger partial charge in [-0.3, -0.25) is 9.59 Å². The summed E-state index contributed by atoms with van der Waals surface area (Å²) >= 11 is 1.43. The number of carbonyl (C=O) groups excluding carboxylic acids is 1. The van der Waals surface area contributed by atoms with Crippen molar-refractivity contribution in [2.45, 2.75) is 13.3 Å². The molecule has 20 heavy (non-hydrogen) atoms. The van der Waals surface area contributed by atoms with Crippen LogP contribution < -0.4 is 5.32 Å². The summed E-state index contributed by atoms with van der Waals surface area (Å²) in [4.78, 5) is 26.6. The molecular weight excluding hydrogens is 280 g/mol. The van der Waals surface area contributed by atoms with E-state index in [9.17, 15) is 9.59 Å². The van der Waals surface area contributed by atoms with Gasteiger partial charge in [-0.15, -0.1) is 11.3 Å². The third-order valence-corrected chi connectivity index (χ3v) is 3.63. The topological polar surface area (TPSA) is 92.4 Å². The maximum atomic E-state index is 11.7. The standard InChI is InChI=1S/C13H14N2O4S/c1-8(13(17)18)5-14-11(16)4-10-7-20-12(15-10)9-2-3-19-6-9/h2-3,6-8H,4-5H2,1H3,(H,14,16)(H,17,18). The lowest BCUT2D eigenvalue weighted by Crippen LogP contribution is -2.32. The first kappa shape index (κ1) is 14.3. The number of nitrogens with zero attached hydrogens (tertiary/aromatic N) is 1. The monoisotopic (exact) mass is 294 g/mol. The number of aromatic nitrogens is 1. The van der Waals surface area contributed by atoms with E-state index in [0.717, 1.165) is 10.6 Å². The molecule has 0 aliphatic carbocycles. The summed E-state index contributed by atoms with van der Waals surface area (Å²) in [6, 6.07) is 1.80. The van der Waals surface area contributed by atoms with Crippen LogP contribution in [-0.4, -0.2) is 28.5 Å². The van der Waals surface area contributed by atoms with Crippen molar-refractivity contribution in [1.82, 2.24) is 10.3 Å². The van der Waals surface area contributed by atoms with Gasteiger partial charge in [-0.25, -0.2) is 4.98 Å². The van der Waals surface area contributed by atoms with Crippen LogP contribution in [0, 0.1) is 5.92 Å². The third kappa shape index (κ3) is 3.67. The van der Waals surface area contributed by atoms with Crippen molar-refractivity contribution in [1.29, 1.82) is 0 Å². The molecule has 2 aromatic heterocycles. The summed E-state index contributed by atoms with van der Waals surface area (Å²) in [6.45, 7) is 1.66. The zero-order chi connectivity index (χ0) is 14.5. The Bertz CT molecular complexity index is 591. The van der Waals surface area contributed by atoms with E-state index in [4.69, 9.17) is 9.52 Å². The normalized spacial score (nSPS) is 12.1. The Kier molecular flexibility index (Phi) is 4.52. The van der Waals surface area contributed by atoms with E-state index in [1.807, 2.05) is 5.38 Å². The first-order valence-corrected chi connectivity index (χ1v) is 6.90. The summed E-state index contributed by atoms with van der Waals surface area (Å²) in [7, 11) is 0. The molecule has 2 N–H and O–H groups in total. The van der Waals surface area contributed by atoms with Crippen LogP contribution in [0.3, 0.4) is 0 Å². The summed E-state index contributed by atoms with van der Waals surface area (Å²) in [6.07, 6.45) is 3.30. The van der Waals surface area contributed by atoms with E-state index in [1.54, 1.807) is 25.5 Å². The number of rotatable bonds is 6. The summed E-state index contributed by atoms with van der Waals surface area (Å²) < 4.78 is 4.98. The molecule has 6 nitrogen and oxygen atoms in total. The molecule has 0 radical (unpaired) electrons. The Balaban J connectivity index is 1.87. The Labute approximate surface area is 119 Å². The summed E-state index contributed by atoms with van der Waals surface area (Å²) in [5, 5.41) is 13.9. The number of amides is 1. The van der Waals surface area contributed by atoms with E-state index in [0.29, 0.717) is 5.69 Å². The molecule has 0 spiro atoms. The van der Waals surface area contributed by atoms with Crippen LogP contribution in [0.1, 0.15) is 12.6 Å². The lowest BCUT2D eigenvalue weighted by molar-refractivity contribution is -0.141. The zero-order valence-electron chi connectivity index (χ0n) is 10.8. The number of nitrogens with one attached hydrogen (secondary N) is 1. The predicted molar refractivity (Wildman–Crippen MR) is 73.3 cm³/mol. The molecule has 0 fully saturated rings. The van der Waals surface area contributed by atoms with Crippen molar-refractivity contribution in [2.75, 3.05) is 6.54 Å². The fourth-order valence-corrected chi connectivity index (χ4v) is 2.29. The second-order valence-electron chi connectivity index (χ2n) is 4.38. The number of hydrogen-bond donors (Lipinski definition) is 2. The third-order valence-electron chi connectivity index (χ3n) is 2.69. The SMILES string of the molecule is CC(CNC(=O)Cc1csc(-c2ccoc2)n1)C(=O)O. The van der Waals surface area contributed by atoms with Crippen molar-refractivity contribution >= 4 is 23.2 Å². The molecule has 0 bridgehead atoms. The highest BCUT2D eigenvalue weighted by Crippen LogP contribution is 2.23. The van der Waals surface area contributed by atoms with Gasteiger partial charge in [-0.2, -0.15) is 0 Å². The van der Waals surface area contributed by atoms with Gasteiger partial charge in [0.2, 0.25) is 5.91 Å². The second kappa shape index (κ2) is 6.33. The van der Waals surface area contributed by atoms with Crippen molar-refractivity contribution in [2.24, 2.45) is 5.92 Å². The average molecular weight is 294 g/mol. The van der Waals surface area contributed by atoms with E-state index in [2.05, 4.69) is 10.3 Å².